The molecule has 0 saturated heterocycles. The lowest BCUT2D eigenvalue weighted by Gasteiger charge is -2.08. The first kappa shape index (κ1) is 16.3. The van der Waals surface area contributed by atoms with Crippen molar-refractivity contribution in [3.8, 4) is 0 Å². The first-order valence-corrected chi connectivity index (χ1v) is 11.9. The van der Waals surface area contributed by atoms with E-state index in [-0.39, 0.29) is 0 Å². The monoisotopic (exact) mass is 332 g/mol. The summed E-state index contributed by atoms with van der Waals surface area (Å²) in [7, 11) is 0. The molecule has 0 radical (unpaired) electrons. The molecule has 0 rings (SSSR count). The average molecular weight is 334 g/mol. The van der Waals surface area contributed by atoms with Crippen LogP contribution in [0.15, 0.2) is 0 Å². The number of halogens is 3. The maximum absolute atomic E-state index is 6.03. The fourth-order valence-corrected chi connectivity index (χ4v) is 3.66. The summed E-state index contributed by atoms with van der Waals surface area (Å²) >= 11 is 15.5. The predicted molar refractivity (Wildman–Crippen MR) is 78.9 cm³/mol. The smallest absolute Gasteiger partial charge is 0.146 e. The Bertz CT molecular complexity index is 137. The van der Waals surface area contributed by atoms with Crippen LogP contribution in [0.5, 0.6) is 0 Å². The van der Waals surface area contributed by atoms with E-state index in [1.165, 1.54) is 51.4 Å². The Labute approximate surface area is 114 Å². The van der Waals surface area contributed by atoms with Crippen molar-refractivity contribution in [3.63, 3.8) is 0 Å². The summed E-state index contributed by atoms with van der Waals surface area (Å²) in [5.41, 5.74) is 0. The molecule has 0 spiro atoms. The SMILES string of the molecule is C[Si](Cl)(Cl)CCCCCCCCCCBr. The van der Waals surface area contributed by atoms with Gasteiger partial charge >= 0.3 is 0 Å². The fraction of sp³-hybridized carbons (Fsp3) is 1.00. The second-order valence-corrected chi connectivity index (χ2v) is 13.4. The Morgan fingerprint density at radius 2 is 1.20 bits per heavy atom. The molecule has 0 aliphatic rings. The van der Waals surface area contributed by atoms with E-state index in [4.69, 9.17) is 22.2 Å². The topological polar surface area (TPSA) is 0 Å². The maximum atomic E-state index is 6.03. The molecular formula is C11H23BrCl2Si. The first-order chi connectivity index (χ1) is 7.06. The molecule has 92 valence electrons. The molecule has 0 aromatic rings. The molecule has 0 aliphatic carbocycles. The highest BCUT2D eigenvalue weighted by atomic mass is 79.9. The van der Waals surface area contributed by atoms with Crippen LogP contribution in [0.4, 0.5) is 0 Å². The molecular weight excluding hydrogens is 311 g/mol. The standard InChI is InChI=1S/C11H23BrCl2Si/c1-15(13,14)11-9-7-5-3-2-4-6-8-10-12/h2-11H2,1H3. The van der Waals surface area contributed by atoms with E-state index in [2.05, 4.69) is 15.9 Å². The highest BCUT2D eigenvalue weighted by molar-refractivity contribution is 9.09. The minimum Gasteiger partial charge on any atom is -0.146 e. The minimum absolute atomic E-state index is 1.06. The summed E-state index contributed by atoms with van der Waals surface area (Å²) in [6.45, 7) is 0.206. The lowest BCUT2D eigenvalue weighted by molar-refractivity contribution is 0.586. The minimum atomic E-state index is -1.80. The van der Waals surface area contributed by atoms with Gasteiger partial charge in [-0.15, -0.1) is 22.2 Å². The van der Waals surface area contributed by atoms with Crippen LogP contribution in [0, 0.1) is 0 Å². The molecule has 0 N–H and O–H groups in total. The number of rotatable bonds is 10. The van der Waals surface area contributed by atoms with Crippen LogP contribution >= 0.6 is 38.1 Å². The van der Waals surface area contributed by atoms with E-state index < -0.39 is 6.69 Å². The molecule has 0 fully saturated rings. The van der Waals surface area contributed by atoms with E-state index in [1.54, 1.807) is 0 Å². The molecule has 15 heavy (non-hydrogen) atoms. The van der Waals surface area contributed by atoms with Crippen LogP contribution in [0.2, 0.25) is 12.6 Å². The van der Waals surface area contributed by atoms with Gasteiger partial charge < -0.3 is 0 Å². The Kier molecular flexibility index (Phi) is 11.3. The predicted octanol–water partition coefficient (Wildman–Crippen LogP) is 6.05. The summed E-state index contributed by atoms with van der Waals surface area (Å²) in [6, 6.07) is 1.06. The van der Waals surface area contributed by atoms with E-state index in [0.717, 1.165) is 11.4 Å². The van der Waals surface area contributed by atoms with Crippen molar-refractivity contribution >= 4 is 44.8 Å². The average Bonchev–Trinajstić information content (AvgIpc) is 2.14. The number of alkyl halides is 1. The van der Waals surface area contributed by atoms with Gasteiger partial charge in [-0.1, -0.05) is 60.9 Å². The zero-order chi connectivity index (χ0) is 11.6. The van der Waals surface area contributed by atoms with Gasteiger partial charge in [0.25, 0.3) is 0 Å². The highest BCUT2D eigenvalue weighted by Crippen LogP contribution is 2.23. The van der Waals surface area contributed by atoms with Crippen molar-refractivity contribution < 1.29 is 0 Å². The van der Waals surface area contributed by atoms with E-state index in [9.17, 15) is 0 Å². The molecule has 0 unspecified atom stereocenters. The molecule has 0 aliphatic heterocycles. The first-order valence-electron chi connectivity index (χ1n) is 6.00. The Morgan fingerprint density at radius 1 is 0.800 bits per heavy atom. The fourth-order valence-electron chi connectivity index (χ4n) is 1.59. The molecule has 0 heterocycles. The summed E-state index contributed by atoms with van der Waals surface area (Å²) in [6.07, 6.45) is 10.7. The molecule has 0 aromatic carbocycles. The van der Waals surface area contributed by atoms with Gasteiger partial charge in [-0.25, -0.2) is 0 Å². The molecule has 0 nitrogen and oxygen atoms in total. The van der Waals surface area contributed by atoms with Crippen LogP contribution in [0.3, 0.4) is 0 Å². The normalized spacial score (nSPS) is 12.0. The Morgan fingerprint density at radius 3 is 1.60 bits per heavy atom. The number of hydrogen-bond donors (Lipinski definition) is 0. The molecule has 0 aromatic heterocycles. The lowest BCUT2D eigenvalue weighted by Crippen LogP contribution is -2.11. The lowest BCUT2D eigenvalue weighted by atomic mass is 10.1. The molecule has 0 amide bonds. The van der Waals surface area contributed by atoms with Gasteiger partial charge in [-0.05, 0) is 19.0 Å². The second kappa shape index (κ2) is 10.4. The Hall–Kier alpha value is 1.28. The quantitative estimate of drug-likeness (QED) is 0.197. The van der Waals surface area contributed by atoms with Crippen LogP contribution < -0.4 is 0 Å². The molecule has 4 heteroatoms. The van der Waals surface area contributed by atoms with Gasteiger partial charge in [0.1, 0.15) is 0 Å². The van der Waals surface area contributed by atoms with Crippen LogP contribution in [0.25, 0.3) is 0 Å². The van der Waals surface area contributed by atoms with E-state index >= 15 is 0 Å². The zero-order valence-corrected chi connectivity index (χ0v) is 13.8. The number of hydrogen-bond acceptors (Lipinski definition) is 0. The third-order valence-electron chi connectivity index (χ3n) is 2.50. The number of unbranched alkanes of at least 4 members (excludes halogenated alkanes) is 7. The Balaban J connectivity index is 2.99. The van der Waals surface area contributed by atoms with Crippen LogP contribution in [0.1, 0.15) is 51.4 Å². The third-order valence-corrected chi connectivity index (χ3v) is 5.43. The van der Waals surface area contributed by atoms with E-state index in [1.807, 2.05) is 6.55 Å². The van der Waals surface area contributed by atoms with Gasteiger partial charge in [0, 0.05) is 5.33 Å². The summed E-state index contributed by atoms with van der Waals surface area (Å²) in [5, 5.41) is 1.15. The molecule has 0 atom stereocenters. The largest absolute Gasteiger partial charge is 0.248 e. The van der Waals surface area contributed by atoms with Gasteiger partial charge in [0.15, 0.2) is 0 Å². The van der Waals surface area contributed by atoms with Crippen molar-refractivity contribution in [3.05, 3.63) is 0 Å². The molecule has 0 bridgehead atoms. The summed E-state index contributed by atoms with van der Waals surface area (Å²) < 4.78 is 0. The van der Waals surface area contributed by atoms with Gasteiger partial charge in [-0.3, -0.25) is 0 Å². The van der Waals surface area contributed by atoms with Gasteiger partial charge in [0.2, 0.25) is 6.69 Å². The zero-order valence-electron chi connectivity index (χ0n) is 9.70. The van der Waals surface area contributed by atoms with Crippen LogP contribution in [-0.4, -0.2) is 12.0 Å². The highest BCUT2D eigenvalue weighted by Gasteiger charge is 2.19. The summed E-state index contributed by atoms with van der Waals surface area (Å²) in [5.74, 6) is 0. The van der Waals surface area contributed by atoms with Gasteiger partial charge in [0.05, 0.1) is 0 Å². The van der Waals surface area contributed by atoms with Crippen molar-refractivity contribution in [1.82, 2.24) is 0 Å². The summed E-state index contributed by atoms with van der Waals surface area (Å²) in [4.78, 5) is 0. The van der Waals surface area contributed by atoms with Gasteiger partial charge in [-0.2, -0.15) is 0 Å². The maximum Gasteiger partial charge on any atom is 0.248 e. The van der Waals surface area contributed by atoms with Crippen molar-refractivity contribution in [2.24, 2.45) is 0 Å². The molecule has 0 saturated carbocycles. The van der Waals surface area contributed by atoms with Crippen molar-refractivity contribution in [2.45, 2.75) is 64.0 Å². The van der Waals surface area contributed by atoms with E-state index in [0.29, 0.717) is 0 Å². The second-order valence-electron chi connectivity index (χ2n) is 4.34. The third kappa shape index (κ3) is 15.3. The van der Waals surface area contributed by atoms with Crippen molar-refractivity contribution in [1.29, 1.82) is 0 Å². The van der Waals surface area contributed by atoms with Crippen LogP contribution in [-0.2, 0) is 0 Å². The van der Waals surface area contributed by atoms with Crippen molar-refractivity contribution in [2.75, 3.05) is 5.33 Å².